The van der Waals surface area contributed by atoms with Gasteiger partial charge < -0.3 is 11.1 Å². The van der Waals surface area contributed by atoms with Gasteiger partial charge in [-0.1, -0.05) is 63.4 Å². The van der Waals surface area contributed by atoms with Crippen LogP contribution >= 0.6 is 0 Å². The summed E-state index contributed by atoms with van der Waals surface area (Å²) < 4.78 is 0. The molecule has 0 radical (unpaired) electrons. The summed E-state index contributed by atoms with van der Waals surface area (Å²) in [5, 5.41) is 3.21. The summed E-state index contributed by atoms with van der Waals surface area (Å²) in [6, 6.07) is 10.4. The molecule has 0 aliphatic heterocycles. The van der Waals surface area contributed by atoms with Gasteiger partial charge in [-0.3, -0.25) is 4.79 Å². The number of rotatable bonds is 10. The van der Waals surface area contributed by atoms with Crippen LogP contribution in [0.1, 0.15) is 51.5 Å². The molecule has 3 N–H and O–H groups in total. The molecule has 21 heavy (non-hydrogen) atoms. The smallest absolute Gasteiger partial charge is 0.224 e. The predicted molar refractivity (Wildman–Crippen MR) is 89.1 cm³/mol. The van der Waals surface area contributed by atoms with Crippen LogP contribution in [0.15, 0.2) is 30.3 Å². The average Bonchev–Trinajstić information content (AvgIpc) is 2.51. The Kier molecular flexibility index (Phi) is 8.76. The maximum Gasteiger partial charge on any atom is 0.224 e. The molecule has 0 saturated heterocycles. The van der Waals surface area contributed by atoms with Gasteiger partial charge in [0.25, 0.3) is 0 Å². The van der Waals surface area contributed by atoms with E-state index in [-0.39, 0.29) is 11.8 Å². The topological polar surface area (TPSA) is 55.1 Å². The fourth-order valence-electron chi connectivity index (χ4n) is 2.59. The maximum absolute atomic E-state index is 12.4. The van der Waals surface area contributed by atoms with Gasteiger partial charge in [-0.05, 0) is 24.8 Å². The van der Waals surface area contributed by atoms with Crippen LogP contribution in [-0.2, 0) is 11.2 Å². The van der Waals surface area contributed by atoms with Crippen molar-refractivity contribution in [1.82, 2.24) is 5.32 Å². The minimum atomic E-state index is -0.131. The van der Waals surface area contributed by atoms with Gasteiger partial charge in [-0.15, -0.1) is 0 Å². The molecule has 0 spiro atoms. The van der Waals surface area contributed by atoms with E-state index in [2.05, 4.69) is 31.3 Å². The number of benzene rings is 1. The first-order chi connectivity index (χ1) is 10.2. The van der Waals surface area contributed by atoms with Gasteiger partial charge in [0.15, 0.2) is 0 Å². The van der Waals surface area contributed by atoms with Crippen molar-refractivity contribution in [3.05, 3.63) is 35.9 Å². The van der Waals surface area contributed by atoms with Gasteiger partial charge in [0.2, 0.25) is 5.91 Å². The first-order valence-corrected chi connectivity index (χ1v) is 8.25. The average molecular weight is 290 g/mol. The molecule has 1 amide bonds. The van der Waals surface area contributed by atoms with Crippen molar-refractivity contribution < 1.29 is 4.79 Å². The number of nitrogens with two attached hydrogens (primary N) is 1. The molecule has 2 atom stereocenters. The van der Waals surface area contributed by atoms with Gasteiger partial charge in [0.1, 0.15) is 0 Å². The maximum atomic E-state index is 12.4. The molecule has 3 heteroatoms. The quantitative estimate of drug-likeness (QED) is 0.695. The molecule has 1 rings (SSSR count). The molecule has 118 valence electrons. The second-order valence-electron chi connectivity index (χ2n) is 5.76. The van der Waals surface area contributed by atoms with Crippen molar-refractivity contribution in [3.63, 3.8) is 0 Å². The molecular formula is C18H30N2O. The SMILES string of the molecule is CCCCC(CCC)NC(=O)C(CN)Cc1ccccc1. The monoisotopic (exact) mass is 290 g/mol. The molecule has 2 unspecified atom stereocenters. The Hall–Kier alpha value is -1.35. The molecule has 0 aliphatic rings. The van der Waals surface area contributed by atoms with E-state index in [1.807, 2.05) is 18.2 Å². The van der Waals surface area contributed by atoms with E-state index >= 15 is 0 Å². The molecule has 0 aromatic heterocycles. The van der Waals surface area contributed by atoms with Crippen molar-refractivity contribution in [3.8, 4) is 0 Å². The van der Waals surface area contributed by atoms with Gasteiger partial charge in [0, 0.05) is 12.6 Å². The molecule has 0 saturated carbocycles. The first-order valence-electron chi connectivity index (χ1n) is 8.25. The minimum Gasteiger partial charge on any atom is -0.353 e. The van der Waals surface area contributed by atoms with Crippen LogP contribution in [0.3, 0.4) is 0 Å². The van der Waals surface area contributed by atoms with E-state index in [1.165, 1.54) is 12.0 Å². The van der Waals surface area contributed by atoms with Crippen molar-refractivity contribution >= 4 is 5.91 Å². The fraction of sp³-hybridized carbons (Fsp3) is 0.611. The Morgan fingerprint density at radius 2 is 1.86 bits per heavy atom. The van der Waals surface area contributed by atoms with E-state index in [9.17, 15) is 4.79 Å². The van der Waals surface area contributed by atoms with Gasteiger partial charge >= 0.3 is 0 Å². The van der Waals surface area contributed by atoms with E-state index in [4.69, 9.17) is 5.73 Å². The highest BCUT2D eigenvalue weighted by Crippen LogP contribution is 2.11. The van der Waals surface area contributed by atoms with Gasteiger partial charge in [0.05, 0.1) is 5.92 Å². The summed E-state index contributed by atoms with van der Waals surface area (Å²) in [7, 11) is 0. The summed E-state index contributed by atoms with van der Waals surface area (Å²) in [6.07, 6.45) is 6.26. The van der Waals surface area contributed by atoms with Crippen molar-refractivity contribution in [2.75, 3.05) is 6.54 Å². The molecule has 1 aromatic rings. The van der Waals surface area contributed by atoms with Crippen LogP contribution < -0.4 is 11.1 Å². The lowest BCUT2D eigenvalue weighted by molar-refractivity contribution is -0.125. The highest BCUT2D eigenvalue weighted by atomic mass is 16.1. The predicted octanol–water partition coefficient (Wildman–Crippen LogP) is 3.28. The second-order valence-corrected chi connectivity index (χ2v) is 5.76. The van der Waals surface area contributed by atoms with Crippen LogP contribution in [0, 0.1) is 5.92 Å². The van der Waals surface area contributed by atoms with E-state index in [0.29, 0.717) is 12.6 Å². The Morgan fingerprint density at radius 1 is 1.14 bits per heavy atom. The lowest BCUT2D eigenvalue weighted by Crippen LogP contribution is -2.42. The highest BCUT2D eigenvalue weighted by Gasteiger charge is 2.20. The van der Waals surface area contributed by atoms with E-state index in [1.54, 1.807) is 0 Å². The zero-order valence-electron chi connectivity index (χ0n) is 13.5. The van der Waals surface area contributed by atoms with Crippen molar-refractivity contribution in [1.29, 1.82) is 0 Å². The largest absolute Gasteiger partial charge is 0.353 e. The van der Waals surface area contributed by atoms with Crippen molar-refractivity contribution in [2.24, 2.45) is 11.7 Å². The molecule has 0 heterocycles. The Balaban J connectivity index is 2.56. The van der Waals surface area contributed by atoms with E-state index < -0.39 is 0 Å². The van der Waals surface area contributed by atoms with Crippen LogP contribution in [0.2, 0.25) is 0 Å². The molecular weight excluding hydrogens is 260 g/mol. The van der Waals surface area contributed by atoms with Crippen LogP contribution in [0.5, 0.6) is 0 Å². The van der Waals surface area contributed by atoms with Crippen molar-refractivity contribution in [2.45, 2.75) is 58.4 Å². The third kappa shape index (κ3) is 6.76. The Labute approximate surface area is 129 Å². The summed E-state index contributed by atoms with van der Waals surface area (Å²) in [5.74, 6) is -0.0238. The first kappa shape index (κ1) is 17.7. The molecule has 0 aliphatic carbocycles. The Bertz CT molecular complexity index is 391. The molecule has 1 aromatic carbocycles. The lowest BCUT2D eigenvalue weighted by Gasteiger charge is -2.22. The standard InChI is InChI=1S/C18H30N2O/c1-3-5-12-17(9-4-2)20-18(21)16(14-19)13-15-10-7-6-8-11-15/h6-8,10-11,16-17H,3-5,9,12-14,19H2,1-2H3,(H,20,21). The number of nitrogens with one attached hydrogen (secondary N) is 1. The number of hydrogen-bond acceptors (Lipinski definition) is 2. The zero-order valence-corrected chi connectivity index (χ0v) is 13.5. The van der Waals surface area contributed by atoms with Gasteiger partial charge in [-0.2, -0.15) is 0 Å². The fourth-order valence-corrected chi connectivity index (χ4v) is 2.59. The number of amides is 1. The minimum absolute atomic E-state index is 0.107. The highest BCUT2D eigenvalue weighted by molar-refractivity contribution is 5.79. The van der Waals surface area contributed by atoms with E-state index in [0.717, 1.165) is 32.1 Å². The number of unbranched alkanes of at least 4 members (excludes halogenated alkanes) is 1. The summed E-state index contributed by atoms with van der Waals surface area (Å²) >= 11 is 0. The van der Waals surface area contributed by atoms with Gasteiger partial charge in [-0.25, -0.2) is 0 Å². The summed E-state index contributed by atoms with van der Waals surface area (Å²) in [6.45, 7) is 4.74. The van der Waals surface area contributed by atoms with Crippen LogP contribution in [0.4, 0.5) is 0 Å². The number of carbonyl (C=O) groups is 1. The number of hydrogen-bond donors (Lipinski definition) is 2. The molecule has 0 bridgehead atoms. The summed E-state index contributed by atoms with van der Waals surface area (Å²) in [4.78, 5) is 12.4. The Morgan fingerprint density at radius 3 is 2.43 bits per heavy atom. The third-order valence-electron chi connectivity index (χ3n) is 3.87. The third-order valence-corrected chi connectivity index (χ3v) is 3.87. The van der Waals surface area contributed by atoms with Crippen LogP contribution in [-0.4, -0.2) is 18.5 Å². The molecule has 3 nitrogen and oxygen atoms in total. The normalized spacial score (nSPS) is 13.7. The molecule has 0 fully saturated rings. The zero-order chi connectivity index (χ0) is 15.5. The van der Waals surface area contributed by atoms with Crippen LogP contribution in [0.25, 0.3) is 0 Å². The number of carbonyl (C=O) groups excluding carboxylic acids is 1. The lowest BCUT2D eigenvalue weighted by atomic mass is 9.97. The second kappa shape index (κ2) is 10.4. The summed E-state index contributed by atoms with van der Waals surface area (Å²) in [5.41, 5.74) is 6.98.